The molecule has 0 fully saturated rings. The second-order valence-electron chi connectivity index (χ2n) is 2.91. The van der Waals surface area contributed by atoms with Crippen molar-refractivity contribution < 1.29 is 0 Å². The van der Waals surface area contributed by atoms with Gasteiger partial charge < -0.3 is 4.57 Å². The number of nitrogens with zero attached hydrogens (tertiary/aromatic N) is 3. The molecule has 0 unspecified atom stereocenters. The van der Waals surface area contributed by atoms with Crippen molar-refractivity contribution in [3.8, 4) is 0 Å². The molecule has 0 N–H and O–H groups in total. The van der Waals surface area contributed by atoms with Crippen LogP contribution in [0.5, 0.6) is 0 Å². The molecule has 0 amide bonds. The van der Waals surface area contributed by atoms with E-state index in [2.05, 4.69) is 21.5 Å². The van der Waals surface area contributed by atoms with Gasteiger partial charge in [-0.3, -0.25) is 0 Å². The standard InChI is InChI=1S/C9H11N3S/c1-8-9(13-7-11-8)2-4-12-5-3-10-6-12/h3,5-7H,2,4H2,1H3. The Bertz CT molecular complexity index is 364. The van der Waals surface area contributed by atoms with Gasteiger partial charge in [-0.2, -0.15) is 0 Å². The third kappa shape index (κ3) is 1.95. The molecule has 0 saturated heterocycles. The molecule has 0 radical (unpaired) electrons. The predicted molar refractivity (Wildman–Crippen MR) is 52.8 cm³/mol. The number of rotatable bonds is 3. The lowest BCUT2D eigenvalue weighted by atomic mass is 10.3. The van der Waals surface area contributed by atoms with Gasteiger partial charge >= 0.3 is 0 Å². The maximum absolute atomic E-state index is 4.21. The van der Waals surface area contributed by atoms with Gasteiger partial charge in [0.25, 0.3) is 0 Å². The van der Waals surface area contributed by atoms with Crippen LogP contribution in [-0.2, 0) is 13.0 Å². The molecule has 2 rings (SSSR count). The lowest BCUT2D eigenvalue weighted by Crippen LogP contribution is -1.97. The van der Waals surface area contributed by atoms with Crippen molar-refractivity contribution in [1.82, 2.24) is 14.5 Å². The third-order valence-electron chi connectivity index (χ3n) is 2.00. The van der Waals surface area contributed by atoms with Crippen LogP contribution in [0.3, 0.4) is 0 Å². The first-order chi connectivity index (χ1) is 6.36. The molecular weight excluding hydrogens is 182 g/mol. The van der Waals surface area contributed by atoms with Gasteiger partial charge in [0, 0.05) is 30.2 Å². The maximum atomic E-state index is 4.21. The molecule has 68 valence electrons. The molecule has 13 heavy (non-hydrogen) atoms. The normalized spacial score (nSPS) is 10.5. The number of hydrogen-bond donors (Lipinski definition) is 0. The topological polar surface area (TPSA) is 30.7 Å². The number of aryl methyl sites for hydroxylation is 3. The number of imidazole rings is 1. The Hall–Kier alpha value is -1.16. The molecule has 4 heteroatoms. The van der Waals surface area contributed by atoms with Crippen LogP contribution in [0.4, 0.5) is 0 Å². The van der Waals surface area contributed by atoms with Crippen LogP contribution in [0.2, 0.25) is 0 Å². The molecule has 2 aromatic rings. The van der Waals surface area contributed by atoms with Crippen LogP contribution in [0.25, 0.3) is 0 Å². The molecule has 0 aliphatic carbocycles. The van der Waals surface area contributed by atoms with Crippen molar-refractivity contribution in [1.29, 1.82) is 0 Å². The molecule has 0 spiro atoms. The van der Waals surface area contributed by atoms with E-state index in [1.54, 1.807) is 17.5 Å². The van der Waals surface area contributed by atoms with Crippen molar-refractivity contribution in [3.63, 3.8) is 0 Å². The molecule has 0 aliphatic rings. The van der Waals surface area contributed by atoms with Crippen LogP contribution in [0.15, 0.2) is 24.2 Å². The van der Waals surface area contributed by atoms with Crippen molar-refractivity contribution in [2.24, 2.45) is 0 Å². The van der Waals surface area contributed by atoms with Crippen molar-refractivity contribution in [3.05, 3.63) is 34.8 Å². The number of thiazole rings is 1. The first-order valence-electron chi connectivity index (χ1n) is 4.21. The summed E-state index contributed by atoms with van der Waals surface area (Å²) in [7, 11) is 0. The highest BCUT2D eigenvalue weighted by Gasteiger charge is 2.00. The van der Waals surface area contributed by atoms with Gasteiger partial charge in [-0.05, 0) is 6.92 Å². The Labute approximate surface area is 81.1 Å². The summed E-state index contributed by atoms with van der Waals surface area (Å²) in [5.74, 6) is 0. The monoisotopic (exact) mass is 193 g/mol. The highest BCUT2D eigenvalue weighted by Crippen LogP contribution is 2.13. The van der Waals surface area contributed by atoms with Gasteiger partial charge in [0.05, 0.1) is 17.5 Å². The zero-order chi connectivity index (χ0) is 9.10. The van der Waals surface area contributed by atoms with E-state index in [0.717, 1.165) is 18.7 Å². The molecule has 0 aliphatic heterocycles. The predicted octanol–water partition coefficient (Wildman–Crippen LogP) is 1.89. The minimum absolute atomic E-state index is 0.989. The fraction of sp³-hybridized carbons (Fsp3) is 0.333. The van der Waals surface area contributed by atoms with Gasteiger partial charge in [0.2, 0.25) is 0 Å². The summed E-state index contributed by atoms with van der Waals surface area (Å²) in [6, 6.07) is 0. The van der Waals surface area contributed by atoms with Crippen LogP contribution in [0, 0.1) is 6.92 Å². The minimum atomic E-state index is 0.989. The Kier molecular flexibility index (Phi) is 2.40. The third-order valence-corrected chi connectivity index (χ3v) is 3.00. The molecule has 2 heterocycles. The van der Waals surface area contributed by atoms with Crippen LogP contribution < -0.4 is 0 Å². The average molecular weight is 193 g/mol. The SMILES string of the molecule is Cc1ncsc1CCn1ccnc1. The summed E-state index contributed by atoms with van der Waals surface area (Å²) in [5.41, 5.74) is 3.06. The largest absolute Gasteiger partial charge is 0.337 e. The van der Waals surface area contributed by atoms with Crippen LogP contribution in [0.1, 0.15) is 10.6 Å². The minimum Gasteiger partial charge on any atom is -0.337 e. The van der Waals surface area contributed by atoms with Crippen molar-refractivity contribution >= 4 is 11.3 Å². The zero-order valence-corrected chi connectivity index (χ0v) is 8.29. The number of hydrogen-bond acceptors (Lipinski definition) is 3. The second kappa shape index (κ2) is 3.70. The molecule has 3 nitrogen and oxygen atoms in total. The lowest BCUT2D eigenvalue weighted by Gasteiger charge is -1.99. The van der Waals surface area contributed by atoms with Crippen LogP contribution in [-0.4, -0.2) is 14.5 Å². The first kappa shape index (κ1) is 8.44. The van der Waals surface area contributed by atoms with Crippen molar-refractivity contribution in [2.45, 2.75) is 19.9 Å². The highest BCUT2D eigenvalue weighted by molar-refractivity contribution is 7.09. The maximum Gasteiger partial charge on any atom is 0.0946 e. The lowest BCUT2D eigenvalue weighted by molar-refractivity contribution is 0.698. The highest BCUT2D eigenvalue weighted by atomic mass is 32.1. The van der Waals surface area contributed by atoms with E-state index in [1.807, 2.05) is 18.0 Å². The van der Waals surface area contributed by atoms with E-state index in [4.69, 9.17) is 0 Å². The summed E-state index contributed by atoms with van der Waals surface area (Å²) in [6.07, 6.45) is 6.68. The molecule has 0 atom stereocenters. The summed E-state index contributed by atoms with van der Waals surface area (Å²) in [4.78, 5) is 9.57. The fourth-order valence-corrected chi connectivity index (χ4v) is 1.99. The quantitative estimate of drug-likeness (QED) is 0.745. The Morgan fingerprint density at radius 3 is 3.08 bits per heavy atom. The zero-order valence-electron chi connectivity index (χ0n) is 7.47. The van der Waals surface area contributed by atoms with E-state index >= 15 is 0 Å². The summed E-state index contributed by atoms with van der Waals surface area (Å²) in [6.45, 7) is 3.04. The molecule has 0 bridgehead atoms. The van der Waals surface area contributed by atoms with Crippen molar-refractivity contribution in [2.75, 3.05) is 0 Å². The Morgan fingerprint density at radius 2 is 2.46 bits per heavy atom. The van der Waals surface area contributed by atoms with Gasteiger partial charge in [-0.1, -0.05) is 0 Å². The summed E-state index contributed by atoms with van der Waals surface area (Å²) < 4.78 is 2.08. The van der Waals surface area contributed by atoms with E-state index in [0.29, 0.717) is 0 Å². The van der Waals surface area contributed by atoms with Gasteiger partial charge in [-0.25, -0.2) is 9.97 Å². The van der Waals surface area contributed by atoms with Gasteiger partial charge in [0.1, 0.15) is 0 Å². The van der Waals surface area contributed by atoms with E-state index in [-0.39, 0.29) is 0 Å². The summed E-state index contributed by atoms with van der Waals surface area (Å²) in [5, 5.41) is 0. The van der Waals surface area contributed by atoms with E-state index in [1.165, 1.54) is 4.88 Å². The second-order valence-corrected chi connectivity index (χ2v) is 3.85. The Morgan fingerprint density at radius 1 is 1.54 bits per heavy atom. The Balaban J connectivity index is 1.97. The average Bonchev–Trinajstić information content (AvgIpc) is 2.72. The van der Waals surface area contributed by atoms with Gasteiger partial charge in [-0.15, -0.1) is 11.3 Å². The molecular formula is C9H11N3S. The summed E-state index contributed by atoms with van der Waals surface area (Å²) >= 11 is 1.73. The molecule has 0 saturated carbocycles. The molecule has 2 aromatic heterocycles. The molecule has 0 aromatic carbocycles. The van der Waals surface area contributed by atoms with E-state index < -0.39 is 0 Å². The van der Waals surface area contributed by atoms with Crippen LogP contribution >= 0.6 is 11.3 Å². The smallest absolute Gasteiger partial charge is 0.0946 e. The van der Waals surface area contributed by atoms with E-state index in [9.17, 15) is 0 Å². The first-order valence-corrected chi connectivity index (χ1v) is 5.09. The van der Waals surface area contributed by atoms with Gasteiger partial charge in [0.15, 0.2) is 0 Å². The number of aromatic nitrogens is 3. The fourth-order valence-electron chi connectivity index (χ4n) is 1.22.